The number of carbonyl (C=O) groups excluding carboxylic acids is 1. The summed E-state index contributed by atoms with van der Waals surface area (Å²) in [4.78, 5) is 13.3. The van der Waals surface area contributed by atoms with Crippen LogP contribution in [0.15, 0.2) is 21.4 Å². The first-order valence-corrected chi connectivity index (χ1v) is 4.68. The molecule has 0 bridgehead atoms. The first-order chi connectivity index (χ1) is 6.29. The Morgan fingerprint density at radius 2 is 2.46 bits per heavy atom. The Balaban J connectivity index is 2.17. The van der Waals surface area contributed by atoms with Crippen LogP contribution in [0.5, 0.6) is 0 Å². The highest BCUT2D eigenvalue weighted by molar-refractivity contribution is 9.10. The lowest BCUT2D eigenvalue weighted by atomic mass is 10.3. The van der Waals surface area contributed by atoms with Crippen molar-refractivity contribution in [2.45, 2.75) is 0 Å². The average Bonchev–Trinajstić information content (AvgIpc) is 2.72. The van der Waals surface area contributed by atoms with Crippen LogP contribution in [-0.2, 0) is 4.74 Å². The number of hydrogen-bond acceptors (Lipinski definition) is 3. The third kappa shape index (κ3) is 1.62. The van der Waals surface area contributed by atoms with Gasteiger partial charge in [-0.3, -0.25) is 4.79 Å². The third-order valence-corrected chi connectivity index (χ3v) is 2.50. The summed E-state index contributed by atoms with van der Waals surface area (Å²) >= 11 is 3.16. The quantitative estimate of drug-likeness (QED) is 0.753. The number of nitrogens with zero attached hydrogens (tertiary/aromatic N) is 1. The Morgan fingerprint density at radius 1 is 1.62 bits per heavy atom. The molecule has 0 saturated carbocycles. The maximum absolute atomic E-state index is 11.7. The van der Waals surface area contributed by atoms with Crippen molar-refractivity contribution >= 4 is 21.8 Å². The summed E-state index contributed by atoms with van der Waals surface area (Å²) in [5, 5.41) is 0. The van der Waals surface area contributed by atoms with E-state index >= 15 is 0 Å². The van der Waals surface area contributed by atoms with Crippen molar-refractivity contribution in [1.82, 2.24) is 4.90 Å². The Hall–Kier alpha value is -0.810. The zero-order valence-corrected chi connectivity index (χ0v) is 8.41. The largest absolute Gasteiger partial charge is 0.457 e. The van der Waals surface area contributed by atoms with Gasteiger partial charge in [-0.15, -0.1) is 0 Å². The molecule has 2 rings (SSSR count). The molecule has 70 valence electrons. The molecule has 1 fully saturated rings. The van der Waals surface area contributed by atoms with Crippen LogP contribution in [0.1, 0.15) is 10.4 Å². The van der Waals surface area contributed by atoms with E-state index in [4.69, 9.17) is 9.15 Å². The van der Waals surface area contributed by atoms with Gasteiger partial charge in [-0.1, -0.05) is 0 Å². The van der Waals surface area contributed by atoms with Gasteiger partial charge in [0.25, 0.3) is 5.91 Å². The molecule has 1 aliphatic rings. The lowest BCUT2D eigenvalue weighted by Gasteiger charge is -2.11. The Morgan fingerprint density at radius 3 is 3.00 bits per heavy atom. The minimum Gasteiger partial charge on any atom is -0.457 e. The van der Waals surface area contributed by atoms with E-state index in [-0.39, 0.29) is 5.91 Å². The molecule has 5 heteroatoms. The van der Waals surface area contributed by atoms with Gasteiger partial charge in [0, 0.05) is 6.54 Å². The second-order valence-electron chi connectivity index (χ2n) is 2.71. The predicted molar refractivity (Wildman–Crippen MR) is 48.3 cm³/mol. The van der Waals surface area contributed by atoms with Crippen molar-refractivity contribution in [3.63, 3.8) is 0 Å². The number of ether oxygens (including phenoxy) is 1. The van der Waals surface area contributed by atoms with E-state index < -0.39 is 0 Å². The van der Waals surface area contributed by atoms with Crippen molar-refractivity contribution in [3.05, 3.63) is 22.6 Å². The van der Waals surface area contributed by atoms with Crippen LogP contribution in [0.3, 0.4) is 0 Å². The molecule has 0 N–H and O–H groups in total. The van der Waals surface area contributed by atoms with E-state index in [0.29, 0.717) is 30.1 Å². The molecule has 1 amide bonds. The fraction of sp³-hybridized carbons (Fsp3) is 0.375. The predicted octanol–water partition coefficient (Wildman–Crippen LogP) is 1.47. The molecule has 13 heavy (non-hydrogen) atoms. The summed E-state index contributed by atoms with van der Waals surface area (Å²) in [6.45, 7) is 1.63. The van der Waals surface area contributed by atoms with Gasteiger partial charge in [-0.2, -0.15) is 0 Å². The first-order valence-electron chi connectivity index (χ1n) is 3.89. The van der Waals surface area contributed by atoms with Crippen LogP contribution in [0, 0.1) is 0 Å². The van der Waals surface area contributed by atoms with Crippen molar-refractivity contribution in [3.8, 4) is 0 Å². The Labute approximate surface area is 83.6 Å². The van der Waals surface area contributed by atoms with E-state index in [1.54, 1.807) is 11.0 Å². The fourth-order valence-electron chi connectivity index (χ4n) is 1.19. The molecule has 4 nitrogen and oxygen atoms in total. The number of carbonyl (C=O) groups is 1. The summed E-state index contributed by atoms with van der Waals surface area (Å²) < 4.78 is 10.5. The Bertz CT molecular complexity index is 317. The summed E-state index contributed by atoms with van der Waals surface area (Å²) in [5.41, 5.74) is 0.547. The maximum Gasteiger partial charge on any atom is 0.260 e. The summed E-state index contributed by atoms with van der Waals surface area (Å²) in [7, 11) is 0. The molecular formula is C8H8BrNO3. The van der Waals surface area contributed by atoms with Gasteiger partial charge in [0.15, 0.2) is 4.67 Å². The second-order valence-corrected chi connectivity index (χ2v) is 3.43. The number of rotatable bonds is 1. The van der Waals surface area contributed by atoms with Crippen LogP contribution < -0.4 is 0 Å². The Kier molecular flexibility index (Phi) is 2.37. The van der Waals surface area contributed by atoms with Crippen LogP contribution >= 0.6 is 15.9 Å². The lowest BCUT2D eigenvalue weighted by Crippen LogP contribution is -2.28. The minimum absolute atomic E-state index is 0.0573. The van der Waals surface area contributed by atoms with E-state index in [9.17, 15) is 4.79 Å². The second kappa shape index (κ2) is 3.51. The fourth-order valence-corrected chi connectivity index (χ4v) is 1.60. The van der Waals surface area contributed by atoms with Gasteiger partial charge in [-0.05, 0) is 22.0 Å². The average molecular weight is 246 g/mol. The standard InChI is InChI=1S/C8H8BrNO3/c9-7-6(1-3-13-7)8(11)10-2-4-12-5-10/h1,3H,2,4-5H2. The van der Waals surface area contributed by atoms with Crippen molar-refractivity contribution in [2.75, 3.05) is 19.9 Å². The van der Waals surface area contributed by atoms with E-state index in [0.717, 1.165) is 0 Å². The highest BCUT2D eigenvalue weighted by atomic mass is 79.9. The SMILES string of the molecule is O=C(c1ccoc1Br)N1CCOC1. The molecule has 1 saturated heterocycles. The summed E-state index contributed by atoms with van der Waals surface area (Å²) in [6, 6.07) is 1.64. The van der Waals surface area contributed by atoms with Crippen molar-refractivity contribution in [2.24, 2.45) is 0 Å². The smallest absolute Gasteiger partial charge is 0.260 e. The maximum atomic E-state index is 11.7. The molecule has 1 aliphatic heterocycles. The van der Waals surface area contributed by atoms with Crippen molar-refractivity contribution < 1.29 is 13.9 Å². The molecule has 0 aromatic carbocycles. The van der Waals surface area contributed by atoms with Crippen LogP contribution in [0.2, 0.25) is 0 Å². The van der Waals surface area contributed by atoms with E-state index in [1.165, 1.54) is 6.26 Å². The minimum atomic E-state index is -0.0573. The molecular weight excluding hydrogens is 238 g/mol. The molecule has 2 heterocycles. The number of furan rings is 1. The highest BCUT2D eigenvalue weighted by Crippen LogP contribution is 2.20. The molecule has 0 atom stereocenters. The van der Waals surface area contributed by atoms with Gasteiger partial charge in [0.1, 0.15) is 6.73 Å². The lowest BCUT2D eigenvalue weighted by molar-refractivity contribution is 0.0693. The molecule has 0 unspecified atom stereocenters. The molecule has 0 radical (unpaired) electrons. The first kappa shape index (κ1) is 8.77. The van der Waals surface area contributed by atoms with E-state index in [2.05, 4.69) is 15.9 Å². The molecule has 1 aromatic heterocycles. The summed E-state index contributed by atoms with van der Waals surface area (Å²) in [6.07, 6.45) is 1.48. The van der Waals surface area contributed by atoms with Crippen LogP contribution in [-0.4, -0.2) is 30.7 Å². The zero-order valence-electron chi connectivity index (χ0n) is 6.83. The number of hydrogen-bond donors (Lipinski definition) is 0. The summed E-state index contributed by atoms with van der Waals surface area (Å²) in [5.74, 6) is -0.0573. The van der Waals surface area contributed by atoms with Gasteiger partial charge >= 0.3 is 0 Å². The molecule has 0 spiro atoms. The normalized spacial score (nSPS) is 16.5. The monoisotopic (exact) mass is 245 g/mol. The molecule has 0 aliphatic carbocycles. The van der Waals surface area contributed by atoms with Gasteiger partial charge < -0.3 is 14.1 Å². The van der Waals surface area contributed by atoms with Gasteiger partial charge in [0.05, 0.1) is 18.4 Å². The van der Waals surface area contributed by atoms with Crippen molar-refractivity contribution in [1.29, 1.82) is 0 Å². The third-order valence-electron chi connectivity index (χ3n) is 1.89. The van der Waals surface area contributed by atoms with Crippen LogP contribution in [0.25, 0.3) is 0 Å². The van der Waals surface area contributed by atoms with Gasteiger partial charge in [0.2, 0.25) is 0 Å². The highest BCUT2D eigenvalue weighted by Gasteiger charge is 2.22. The molecule has 1 aromatic rings. The van der Waals surface area contributed by atoms with E-state index in [1.807, 2.05) is 0 Å². The topological polar surface area (TPSA) is 42.7 Å². The number of halogens is 1. The number of amides is 1. The van der Waals surface area contributed by atoms with Gasteiger partial charge in [-0.25, -0.2) is 0 Å². The van der Waals surface area contributed by atoms with Crippen LogP contribution in [0.4, 0.5) is 0 Å². The zero-order chi connectivity index (χ0) is 9.26.